The molecule has 1 aromatic heterocycles. The highest BCUT2D eigenvalue weighted by Crippen LogP contribution is 2.28. The van der Waals surface area contributed by atoms with Gasteiger partial charge in [0.1, 0.15) is 5.75 Å². The molecule has 0 radical (unpaired) electrons. The summed E-state index contributed by atoms with van der Waals surface area (Å²) in [6, 6.07) is 4.84. The average Bonchev–Trinajstić information content (AvgIpc) is 2.92. The summed E-state index contributed by atoms with van der Waals surface area (Å²) in [4.78, 5) is 18.6. The maximum atomic E-state index is 11.9. The van der Waals surface area contributed by atoms with Gasteiger partial charge in [0.2, 0.25) is 0 Å². The number of amides is 1. The van der Waals surface area contributed by atoms with Crippen LogP contribution in [-0.4, -0.2) is 22.0 Å². The highest BCUT2D eigenvalue weighted by Gasteiger charge is 2.16. The van der Waals surface area contributed by atoms with Gasteiger partial charge in [-0.25, -0.2) is 4.98 Å². The lowest BCUT2D eigenvalue weighted by molar-refractivity contribution is -0.127. The Bertz CT molecular complexity index is 587. The molecule has 0 aliphatic heterocycles. The molecule has 2 N–H and O–H groups in total. The van der Waals surface area contributed by atoms with Crippen molar-refractivity contribution in [3.63, 3.8) is 0 Å². The molecule has 7 heteroatoms. The van der Waals surface area contributed by atoms with Crippen LogP contribution < -0.4 is 10.1 Å². The first-order valence-corrected chi connectivity index (χ1v) is 6.68. The molecule has 1 atom stereocenters. The number of nitrogens with one attached hydrogen (secondary N) is 2. The van der Waals surface area contributed by atoms with Gasteiger partial charge in [0.05, 0.1) is 23.6 Å². The van der Waals surface area contributed by atoms with Gasteiger partial charge in [-0.05, 0) is 25.1 Å². The van der Waals surface area contributed by atoms with Gasteiger partial charge in [-0.1, -0.05) is 23.2 Å². The predicted molar refractivity (Wildman–Crippen MR) is 77.0 cm³/mol. The molecule has 2 rings (SSSR count). The van der Waals surface area contributed by atoms with Crippen LogP contribution in [0.5, 0.6) is 5.75 Å². The number of ether oxygens (including phenoxy) is 1. The van der Waals surface area contributed by atoms with Crippen LogP contribution in [0.15, 0.2) is 30.7 Å². The van der Waals surface area contributed by atoms with Gasteiger partial charge in [0, 0.05) is 11.2 Å². The zero-order valence-corrected chi connectivity index (χ0v) is 12.2. The Morgan fingerprint density at radius 1 is 1.50 bits per heavy atom. The van der Waals surface area contributed by atoms with E-state index < -0.39 is 6.10 Å². The summed E-state index contributed by atoms with van der Waals surface area (Å²) in [6.07, 6.45) is 2.52. The topological polar surface area (TPSA) is 67.0 Å². The van der Waals surface area contributed by atoms with Crippen molar-refractivity contribution in [1.82, 2.24) is 15.3 Å². The monoisotopic (exact) mass is 313 g/mol. The summed E-state index contributed by atoms with van der Waals surface area (Å²) in [5.74, 6) is 0.172. The van der Waals surface area contributed by atoms with E-state index in [0.717, 1.165) is 5.69 Å². The van der Waals surface area contributed by atoms with Crippen molar-refractivity contribution in [2.45, 2.75) is 19.6 Å². The molecule has 0 saturated carbocycles. The van der Waals surface area contributed by atoms with Crippen LogP contribution in [0, 0.1) is 0 Å². The van der Waals surface area contributed by atoms with E-state index in [9.17, 15) is 4.79 Å². The summed E-state index contributed by atoms with van der Waals surface area (Å²) < 4.78 is 5.50. The molecular weight excluding hydrogens is 301 g/mol. The fraction of sp³-hybridized carbons (Fsp3) is 0.231. The molecule has 2 aromatic rings. The number of aromatic amines is 1. The number of hydrogen-bond acceptors (Lipinski definition) is 3. The van der Waals surface area contributed by atoms with Crippen LogP contribution in [0.1, 0.15) is 12.6 Å². The van der Waals surface area contributed by atoms with Crippen LogP contribution >= 0.6 is 23.2 Å². The number of imidazole rings is 1. The molecule has 1 heterocycles. The van der Waals surface area contributed by atoms with Crippen LogP contribution in [-0.2, 0) is 11.3 Å². The molecule has 0 aliphatic carbocycles. The second-order valence-electron chi connectivity index (χ2n) is 4.13. The van der Waals surface area contributed by atoms with Gasteiger partial charge < -0.3 is 15.0 Å². The molecule has 1 aromatic carbocycles. The summed E-state index contributed by atoms with van der Waals surface area (Å²) in [7, 11) is 0. The molecule has 0 saturated heterocycles. The maximum absolute atomic E-state index is 11.9. The highest BCUT2D eigenvalue weighted by atomic mass is 35.5. The van der Waals surface area contributed by atoms with E-state index in [1.54, 1.807) is 37.6 Å². The minimum Gasteiger partial charge on any atom is -0.479 e. The number of nitrogens with zero attached hydrogens (tertiary/aromatic N) is 1. The Morgan fingerprint density at radius 2 is 2.30 bits per heavy atom. The number of benzene rings is 1. The minimum absolute atomic E-state index is 0.245. The molecule has 0 spiro atoms. The van der Waals surface area contributed by atoms with E-state index in [-0.39, 0.29) is 5.91 Å². The first-order chi connectivity index (χ1) is 9.56. The Balaban J connectivity index is 1.90. The molecule has 5 nitrogen and oxygen atoms in total. The molecule has 106 valence electrons. The molecule has 1 amide bonds. The molecule has 1 unspecified atom stereocenters. The van der Waals surface area contributed by atoms with E-state index in [2.05, 4.69) is 15.3 Å². The van der Waals surface area contributed by atoms with Crippen LogP contribution in [0.4, 0.5) is 0 Å². The normalized spacial score (nSPS) is 11.9. The largest absolute Gasteiger partial charge is 0.479 e. The number of hydrogen-bond donors (Lipinski definition) is 2. The Labute approximate surface area is 126 Å². The number of halogens is 2. The van der Waals surface area contributed by atoms with E-state index >= 15 is 0 Å². The lowest BCUT2D eigenvalue weighted by atomic mass is 10.3. The van der Waals surface area contributed by atoms with Crippen molar-refractivity contribution in [2.75, 3.05) is 0 Å². The van der Waals surface area contributed by atoms with Crippen molar-refractivity contribution < 1.29 is 9.53 Å². The fourth-order valence-corrected chi connectivity index (χ4v) is 1.98. The van der Waals surface area contributed by atoms with E-state index in [1.807, 2.05) is 0 Å². The van der Waals surface area contributed by atoms with Crippen LogP contribution in [0.3, 0.4) is 0 Å². The number of aromatic nitrogens is 2. The van der Waals surface area contributed by atoms with Gasteiger partial charge in [0.15, 0.2) is 6.10 Å². The summed E-state index contributed by atoms with van der Waals surface area (Å²) in [5, 5.41) is 3.61. The third kappa shape index (κ3) is 3.88. The molecule has 0 aliphatic rings. The second kappa shape index (κ2) is 6.63. The smallest absolute Gasteiger partial charge is 0.261 e. The Hall–Kier alpha value is -1.72. The molecule has 0 fully saturated rings. The van der Waals surface area contributed by atoms with Crippen molar-refractivity contribution >= 4 is 29.1 Å². The molecule has 20 heavy (non-hydrogen) atoms. The fourth-order valence-electron chi connectivity index (χ4n) is 1.52. The third-order valence-electron chi connectivity index (χ3n) is 2.57. The number of rotatable bonds is 5. The van der Waals surface area contributed by atoms with E-state index in [1.165, 1.54) is 0 Å². The van der Waals surface area contributed by atoms with Crippen molar-refractivity contribution in [1.29, 1.82) is 0 Å². The average molecular weight is 314 g/mol. The summed E-state index contributed by atoms with van der Waals surface area (Å²) >= 11 is 11.8. The first-order valence-electron chi connectivity index (χ1n) is 5.93. The summed E-state index contributed by atoms with van der Waals surface area (Å²) in [6.45, 7) is 2.01. The lowest BCUT2D eigenvalue weighted by Crippen LogP contribution is -2.36. The van der Waals surface area contributed by atoms with Gasteiger partial charge in [-0.2, -0.15) is 0 Å². The first kappa shape index (κ1) is 14.7. The summed E-state index contributed by atoms with van der Waals surface area (Å²) in [5.41, 5.74) is 0.815. The zero-order chi connectivity index (χ0) is 14.5. The van der Waals surface area contributed by atoms with Gasteiger partial charge >= 0.3 is 0 Å². The third-order valence-corrected chi connectivity index (χ3v) is 3.11. The number of carbonyl (C=O) groups excluding carboxylic acids is 1. The van der Waals surface area contributed by atoms with Crippen molar-refractivity contribution in [3.8, 4) is 5.75 Å². The molecular formula is C13H13Cl2N3O2. The number of carbonyl (C=O) groups is 1. The van der Waals surface area contributed by atoms with Crippen molar-refractivity contribution in [3.05, 3.63) is 46.5 Å². The quantitative estimate of drug-likeness (QED) is 0.892. The standard InChI is InChI=1S/C13H13Cl2N3O2/c1-8(13(19)17-6-10-5-16-7-18-10)20-12-3-2-9(14)4-11(12)15/h2-5,7-8H,6H2,1H3,(H,16,18)(H,17,19). The Morgan fingerprint density at radius 3 is 2.95 bits per heavy atom. The van der Waals surface area contributed by atoms with E-state index in [0.29, 0.717) is 22.3 Å². The minimum atomic E-state index is -0.670. The van der Waals surface area contributed by atoms with Gasteiger partial charge in [0.25, 0.3) is 5.91 Å². The van der Waals surface area contributed by atoms with Crippen molar-refractivity contribution in [2.24, 2.45) is 0 Å². The SMILES string of the molecule is CC(Oc1ccc(Cl)cc1Cl)C(=O)NCc1cnc[nH]1. The van der Waals surface area contributed by atoms with Crippen LogP contribution in [0.2, 0.25) is 10.0 Å². The van der Waals surface area contributed by atoms with Crippen LogP contribution in [0.25, 0.3) is 0 Å². The van der Waals surface area contributed by atoms with E-state index in [4.69, 9.17) is 27.9 Å². The predicted octanol–water partition coefficient (Wildman–Crippen LogP) is 2.80. The zero-order valence-electron chi connectivity index (χ0n) is 10.7. The molecule has 0 bridgehead atoms. The Kier molecular flexibility index (Phi) is 4.87. The number of H-pyrrole nitrogens is 1. The lowest BCUT2D eigenvalue weighted by Gasteiger charge is -2.15. The highest BCUT2D eigenvalue weighted by molar-refractivity contribution is 6.35. The second-order valence-corrected chi connectivity index (χ2v) is 4.97. The van der Waals surface area contributed by atoms with Gasteiger partial charge in [-0.15, -0.1) is 0 Å². The maximum Gasteiger partial charge on any atom is 0.261 e. The van der Waals surface area contributed by atoms with Gasteiger partial charge in [-0.3, -0.25) is 4.79 Å².